The molecule has 0 aliphatic carbocycles. The van der Waals surface area contributed by atoms with E-state index in [1.54, 1.807) is 12.1 Å². The summed E-state index contributed by atoms with van der Waals surface area (Å²) in [6, 6.07) is 7.59. The van der Waals surface area contributed by atoms with Crippen molar-refractivity contribution < 1.29 is 14.0 Å². The molecule has 7 heteroatoms. The molecular formula is C16H15ClFN3O2. The molecule has 2 rings (SSSR count). The summed E-state index contributed by atoms with van der Waals surface area (Å²) in [5.74, 6) is -0.164. The number of nitrogens with zero attached hydrogens (tertiary/aromatic N) is 1. The van der Waals surface area contributed by atoms with Gasteiger partial charge in [0, 0.05) is 18.3 Å². The molecular weight excluding hydrogens is 321 g/mol. The first-order valence-corrected chi connectivity index (χ1v) is 7.32. The van der Waals surface area contributed by atoms with Gasteiger partial charge in [-0.15, -0.1) is 0 Å². The first-order valence-electron chi connectivity index (χ1n) is 6.94. The van der Waals surface area contributed by atoms with Crippen molar-refractivity contribution in [2.75, 3.05) is 18.4 Å². The standard InChI is InChI=1S/C16H15ClFN3O2/c17-14-7-12(10-22)8-20-16(14)21-9-15(23)19-6-5-11-1-3-13(18)4-2-11/h1-4,7-8,10H,5-6,9H2,(H,19,23)(H,20,21). The van der Waals surface area contributed by atoms with Gasteiger partial charge in [0.25, 0.3) is 0 Å². The smallest absolute Gasteiger partial charge is 0.239 e. The maximum Gasteiger partial charge on any atom is 0.239 e. The normalized spacial score (nSPS) is 10.2. The third kappa shape index (κ3) is 5.34. The van der Waals surface area contributed by atoms with Gasteiger partial charge in [-0.25, -0.2) is 9.37 Å². The number of carbonyl (C=O) groups is 2. The average Bonchev–Trinajstić information content (AvgIpc) is 2.55. The fourth-order valence-corrected chi connectivity index (χ4v) is 2.11. The molecule has 2 aromatic rings. The highest BCUT2D eigenvalue weighted by molar-refractivity contribution is 6.33. The second-order valence-electron chi connectivity index (χ2n) is 4.80. The van der Waals surface area contributed by atoms with Crippen LogP contribution in [0.25, 0.3) is 0 Å². The summed E-state index contributed by atoms with van der Waals surface area (Å²) >= 11 is 5.94. The number of rotatable bonds is 7. The van der Waals surface area contributed by atoms with Crippen LogP contribution in [-0.4, -0.2) is 30.3 Å². The topological polar surface area (TPSA) is 71.1 Å². The summed E-state index contributed by atoms with van der Waals surface area (Å²) in [6.45, 7) is 0.452. The van der Waals surface area contributed by atoms with E-state index in [4.69, 9.17) is 11.6 Å². The Hall–Kier alpha value is -2.47. The Morgan fingerprint density at radius 1 is 1.30 bits per heavy atom. The number of amides is 1. The zero-order valence-electron chi connectivity index (χ0n) is 12.2. The van der Waals surface area contributed by atoms with Crippen molar-refractivity contribution in [2.45, 2.75) is 6.42 Å². The summed E-state index contributed by atoms with van der Waals surface area (Å²) in [7, 11) is 0. The van der Waals surface area contributed by atoms with E-state index < -0.39 is 0 Å². The van der Waals surface area contributed by atoms with Crippen molar-refractivity contribution in [1.82, 2.24) is 10.3 Å². The van der Waals surface area contributed by atoms with Gasteiger partial charge in [0.15, 0.2) is 6.29 Å². The Morgan fingerprint density at radius 2 is 2.04 bits per heavy atom. The monoisotopic (exact) mass is 335 g/mol. The molecule has 1 aromatic heterocycles. The lowest BCUT2D eigenvalue weighted by Crippen LogP contribution is -2.31. The number of halogens is 2. The lowest BCUT2D eigenvalue weighted by Gasteiger charge is -2.08. The van der Waals surface area contributed by atoms with Gasteiger partial charge in [-0.05, 0) is 30.2 Å². The predicted octanol–water partition coefficient (Wildman–Crippen LogP) is 2.46. The minimum Gasteiger partial charge on any atom is -0.360 e. The van der Waals surface area contributed by atoms with Gasteiger partial charge in [-0.3, -0.25) is 9.59 Å². The van der Waals surface area contributed by atoms with Crippen LogP contribution in [0.3, 0.4) is 0 Å². The van der Waals surface area contributed by atoms with Crippen LogP contribution < -0.4 is 10.6 Å². The number of hydrogen-bond donors (Lipinski definition) is 2. The molecule has 1 heterocycles. The number of pyridine rings is 1. The van der Waals surface area contributed by atoms with Crippen molar-refractivity contribution in [3.05, 3.63) is 58.5 Å². The SMILES string of the molecule is O=Cc1cnc(NCC(=O)NCCc2ccc(F)cc2)c(Cl)c1. The number of nitrogens with one attached hydrogen (secondary N) is 2. The van der Waals surface area contributed by atoms with Crippen LogP contribution in [0.1, 0.15) is 15.9 Å². The molecule has 5 nitrogen and oxygen atoms in total. The van der Waals surface area contributed by atoms with Crippen molar-refractivity contribution >= 4 is 29.6 Å². The lowest BCUT2D eigenvalue weighted by molar-refractivity contribution is -0.119. The molecule has 2 N–H and O–H groups in total. The Labute approximate surface area is 137 Å². The molecule has 120 valence electrons. The van der Waals surface area contributed by atoms with Crippen LogP contribution in [0.15, 0.2) is 36.5 Å². The Kier molecular flexibility index (Phi) is 6.05. The van der Waals surface area contributed by atoms with Crippen LogP contribution in [0.4, 0.5) is 10.2 Å². The van der Waals surface area contributed by atoms with Gasteiger partial charge in [0.1, 0.15) is 11.6 Å². The largest absolute Gasteiger partial charge is 0.360 e. The minimum atomic E-state index is -0.285. The van der Waals surface area contributed by atoms with Crippen LogP contribution in [-0.2, 0) is 11.2 Å². The zero-order chi connectivity index (χ0) is 16.7. The van der Waals surface area contributed by atoms with E-state index in [9.17, 15) is 14.0 Å². The van der Waals surface area contributed by atoms with Gasteiger partial charge < -0.3 is 10.6 Å². The van der Waals surface area contributed by atoms with Gasteiger partial charge in [0.2, 0.25) is 5.91 Å². The van der Waals surface area contributed by atoms with E-state index in [1.165, 1.54) is 24.4 Å². The minimum absolute atomic E-state index is 0.0105. The number of aromatic nitrogens is 1. The number of aldehydes is 1. The second kappa shape index (κ2) is 8.24. The van der Waals surface area contributed by atoms with Gasteiger partial charge in [-0.2, -0.15) is 0 Å². The molecule has 0 spiro atoms. The molecule has 0 bridgehead atoms. The van der Waals surface area contributed by atoms with Crippen molar-refractivity contribution in [3.63, 3.8) is 0 Å². The van der Waals surface area contributed by atoms with E-state index in [0.717, 1.165) is 5.56 Å². The third-order valence-electron chi connectivity index (χ3n) is 3.06. The van der Waals surface area contributed by atoms with E-state index in [0.29, 0.717) is 30.6 Å². The van der Waals surface area contributed by atoms with Gasteiger partial charge in [0.05, 0.1) is 11.6 Å². The summed E-state index contributed by atoms with van der Waals surface area (Å²) in [5.41, 5.74) is 1.30. The predicted molar refractivity (Wildman–Crippen MR) is 86.2 cm³/mol. The van der Waals surface area contributed by atoms with Crippen molar-refractivity contribution in [3.8, 4) is 0 Å². The van der Waals surface area contributed by atoms with Crippen LogP contribution in [0.5, 0.6) is 0 Å². The van der Waals surface area contributed by atoms with Crippen molar-refractivity contribution in [1.29, 1.82) is 0 Å². The molecule has 0 radical (unpaired) electrons. The van der Waals surface area contributed by atoms with Crippen LogP contribution in [0.2, 0.25) is 5.02 Å². The fraction of sp³-hybridized carbons (Fsp3) is 0.188. The lowest BCUT2D eigenvalue weighted by atomic mass is 10.1. The average molecular weight is 336 g/mol. The molecule has 0 unspecified atom stereocenters. The molecule has 0 aliphatic heterocycles. The summed E-state index contributed by atoms with van der Waals surface area (Å²) in [6.07, 6.45) is 2.62. The third-order valence-corrected chi connectivity index (χ3v) is 3.35. The maximum absolute atomic E-state index is 12.8. The maximum atomic E-state index is 12.8. The van der Waals surface area contributed by atoms with Gasteiger partial charge >= 0.3 is 0 Å². The quantitative estimate of drug-likeness (QED) is 0.762. The van der Waals surface area contributed by atoms with E-state index >= 15 is 0 Å². The molecule has 1 aromatic carbocycles. The summed E-state index contributed by atoms with van der Waals surface area (Å²) in [4.78, 5) is 26.3. The molecule has 0 saturated carbocycles. The molecule has 0 aliphatic rings. The van der Waals surface area contributed by atoms with Crippen LogP contribution >= 0.6 is 11.6 Å². The number of anilines is 1. The highest BCUT2D eigenvalue weighted by Crippen LogP contribution is 2.18. The van der Waals surface area contributed by atoms with Crippen molar-refractivity contribution in [2.24, 2.45) is 0 Å². The number of benzene rings is 1. The van der Waals surface area contributed by atoms with E-state index in [1.807, 2.05) is 0 Å². The Balaban J connectivity index is 1.74. The number of carbonyl (C=O) groups excluding carboxylic acids is 2. The van der Waals surface area contributed by atoms with Crippen LogP contribution in [0, 0.1) is 5.82 Å². The fourth-order valence-electron chi connectivity index (χ4n) is 1.87. The number of hydrogen-bond acceptors (Lipinski definition) is 4. The van der Waals surface area contributed by atoms with E-state index in [-0.39, 0.29) is 23.3 Å². The molecule has 0 saturated heterocycles. The Bertz CT molecular complexity index is 692. The highest BCUT2D eigenvalue weighted by atomic mass is 35.5. The Morgan fingerprint density at radius 3 is 2.70 bits per heavy atom. The summed E-state index contributed by atoms with van der Waals surface area (Å²) in [5, 5.41) is 5.81. The molecule has 23 heavy (non-hydrogen) atoms. The summed E-state index contributed by atoms with van der Waals surface area (Å²) < 4.78 is 12.8. The highest BCUT2D eigenvalue weighted by Gasteiger charge is 2.06. The molecule has 0 atom stereocenters. The first-order chi connectivity index (χ1) is 11.1. The zero-order valence-corrected chi connectivity index (χ0v) is 12.9. The van der Waals surface area contributed by atoms with Gasteiger partial charge in [-0.1, -0.05) is 23.7 Å². The molecule has 0 fully saturated rings. The van der Waals surface area contributed by atoms with E-state index in [2.05, 4.69) is 15.6 Å². The second-order valence-corrected chi connectivity index (χ2v) is 5.20. The molecule has 1 amide bonds. The first kappa shape index (κ1) is 16.9.